The molecule has 0 spiro atoms. The second-order valence-corrected chi connectivity index (χ2v) is 15.4. The molecule has 2 heterocycles. The standard InChI is InChI=1S/C35H35N3O5S3/c1-23-32(22-44-35-38-37-24(2)45-35)42-34(43-33(23)27-14-12-25(21-39)13-15-27)28-18-16-26(17-19-28)31-11-7-6-8-29(31)20-36-46(40,41)30-9-4-3-5-10-30/h3-19,23,32-34,36,39H,20-22H2,1-2H3/t23-,32+,33+,34+/m1/s1. The number of rotatable bonds is 11. The van der Waals surface area contributed by atoms with Crippen LogP contribution in [0.2, 0.25) is 0 Å². The normalized spacial score (nSPS) is 20.1. The molecule has 4 atom stereocenters. The van der Waals surface area contributed by atoms with Crippen molar-refractivity contribution in [2.45, 2.75) is 54.7 Å². The summed E-state index contributed by atoms with van der Waals surface area (Å²) in [6, 6.07) is 32.1. The van der Waals surface area contributed by atoms with Gasteiger partial charge in [0.15, 0.2) is 10.6 Å². The van der Waals surface area contributed by atoms with Gasteiger partial charge < -0.3 is 14.6 Å². The maximum atomic E-state index is 12.9. The molecule has 0 aliphatic carbocycles. The van der Waals surface area contributed by atoms with Gasteiger partial charge in [-0.1, -0.05) is 121 Å². The van der Waals surface area contributed by atoms with Crippen LogP contribution in [-0.2, 0) is 32.6 Å². The first-order valence-corrected chi connectivity index (χ1v) is 18.3. The maximum absolute atomic E-state index is 12.9. The Morgan fingerprint density at radius 3 is 2.26 bits per heavy atom. The molecule has 0 amide bonds. The van der Waals surface area contributed by atoms with E-state index in [2.05, 4.69) is 21.8 Å². The fourth-order valence-corrected chi connectivity index (χ4v) is 8.46. The van der Waals surface area contributed by atoms with Crippen LogP contribution in [0.25, 0.3) is 11.1 Å². The summed E-state index contributed by atoms with van der Waals surface area (Å²) in [5.41, 5.74) is 5.52. The molecule has 1 aliphatic rings. The SMILES string of the molecule is Cc1nnc(SC[C@@H]2O[C@H](c3ccc(-c4ccccc4CNS(=O)(=O)c4ccccc4)cc3)O[C@H](c3ccc(CO)cc3)[C@@H]2C)s1. The number of nitrogens with one attached hydrogen (secondary N) is 1. The van der Waals surface area contributed by atoms with Gasteiger partial charge in [-0.05, 0) is 46.9 Å². The molecular weight excluding hydrogens is 639 g/mol. The Balaban J connectivity index is 1.22. The Labute approximate surface area is 277 Å². The molecule has 11 heteroatoms. The van der Waals surface area contributed by atoms with E-state index in [4.69, 9.17) is 9.47 Å². The van der Waals surface area contributed by atoms with Crippen LogP contribution in [-0.4, -0.2) is 35.6 Å². The number of ether oxygens (including phenoxy) is 2. The van der Waals surface area contributed by atoms with Crippen LogP contribution < -0.4 is 4.72 Å². The molecule has 0 saturated carbocycles. The van der Waals surface area contributed by atoms with E-state index < -0.39 is 16.3 Å². The van der Waals surface area contributed by atoms with Crippen molar-refractivity contribution < 1.29 is 23.0 Å². The van der Waals surface area contributed by atoms with Crippen LogP contribution in [0.1, 0.15) is 46.6 Å². The quantitative estimate of drug-likeness (QED) is 0.143. The first-order valence-electron chi connectivity index (χ1n) is 15.0. The molecule has 8 nitrogen and oxygen atoms in total. The number of aliphatic hydroxyl groups is 1. The second kappa shape index (κ2) is 14.6. The molecule has 4 aromatic carbocycles. The minimum atomic E-state index is -3.65. The molecule has 238 valence electrons. The molecule has 6 rings (SSSR count). The third kappa shape index (κ3) is 7.58. The van der Waals surface area contributed by atoms with Crippen molar-refractivity contribution in [3.05, 3.63) is 130 Å². The minimum Gasteiger partial charge on any atom is -0.392 e. The molecule has 1 aliphatic heterocycles. The van der Waals surface area contributed by atoms with Crippen molar-refractivity contribution in [1.29, 1.82) is 0 Å². The summed E-state index contributed by atoms with van der Waals surface area (Å²) in [5.74, 6) is 0.758. The fraction of sp³-hybridized carbons (Fsp3) is 0.257. The van der Waals surface area contributed by atoms with Crippen molar-refractivity contribution in [3.63, 3.8) is 0 Å². The van der Waals surface area contributed by atoms with Gasteiger partial charge in [-0.25, -0.2) is 13.1 Å². The molecule has 0 radical (unpaired) electrons. The van der Waals surface area contributed by atoms with Gasteiger partial charge in [0.05, 0.1) is 23.7 Å². The molecular formula is C35H35N3O5S3. The van der Waals surface area contributed by atoms with Crippen LogP contribution >= 0.6 is 23.1 Å². The van der Waals surface area contributed by atoms with Crippen molar-refractivity contribution in [3.8, 4) is 11.1 Å². The van der Waals surface area contributed by atoms with Gasteiger partial charge in [0.25, 0.3) is 0 Å². The highest BCUT2D eigenvalue weighted by atomic mass is 32.2. The van der Waals surface area contributed by atoms with E-state index in [0.717, 1.165) is 42.7 Å². The maximum Gasteiger partial charge on any atom is 0.240 e. The summed E-state index contributed by atoms with van der Waals surface area (Å²) in [5, 5.41) is 18.9. The molecule has 1 fully saturated rings. The number of sulfonamides is 1. The Hall–Kier alpha value is -3.42. The van der Waals surface area contributed by atoms with Gasteiger partial charge >= 0.3 is 0 Å². The number of hydrogen-bond acceptors (Lipinski definition) is 9. The van der Waals surface area contributed by atoms with Crippen molar-refractivity contribution in [1.82, 2.24) is 14.9 Å². The summed E-state index contributed by atoms with van der Waals surface area (Å²) >= 11 is 3.21. The molecule has 0 unspecified atom stereocenters. The number of benzene rings is 4. The monoisotopic (exact) mass is 673 g/mol. The second-order valence-electron chi connectivity index (χ2n) is 11.1. The first-order chi connectivity index (χ1) is 22.3. The average molecular weight is 674 g/mol. The molecule has 1 aromatic heterocycles. The topological polar surface area (TPSA) is 111 Å². The Morgan fingerprint density at radius 2 is 1.57 bits per heavy atom. The lowest BCUT2D eigenvalue weighted by Crippen LogP contribution is -2.38. The number of aryl methyl sites for hydroxylation is 1. The Morgan fingerprint density at radius 1 is 0.870 bits per heavy atom. The molecule has 5 aromatic rings. The van der Waals surface area contributed by atoms with Crippen LogP contribution in [0.3, 0.4) is 0 Å². The van der Waals surface area contributed by atoms with Crippen LogP contribution in [0.5, 0.6) is 0 Å². The van der Waals surface area contributed by atoms with Crippen molar-refractivity contribution >= 4 is 33.1 Å². The summed E-state index contributed by atoms with van der Waals surface area (Å²) in [6.07, 6.45) is -0.928. The van der Waals surface area contributed by atoms with E-state index in [-0.39, 0.29) is 36.2 Å². The predicted octanol–water partition coefficient (Wildman–Crippen LogP) is 7.07. The molecule has 46 heavy (non-hydrogen) atoms. The largest absolute Gasteiger partial charge is 0.392 e. The predicted molar refractivity (Wildman–Crippen MR) is 181 cm³/mol. The third-order valence-corrected chi connectivity index (χ3v) is 11.5. The van der Waals surface area contributed by atoms with Gasteiger partial charge in [-0.15, -0.1) is 10.2 Å². The van der Waals surface area contributed by atoms with Crippen molar-refractivity contribution in [2.75, 3.05) is 5.75 Å². The van der Waals surface area contributed by atoms with E-state index in [1.54, 1.807) is 53.4 Å². The van der Waals surface area contributed by atoms with E-state index in [0.29, 0.717) is 5.75 Å². The Kier molecular flexibility index (Phi) is 10.3. The number of nitrogens with zero attached hydrogens (tertiary/aromatic N) is 2. The smallest absolute Gasteiger partial charge is 0.240 e. The molecule has 1 saturated heterocycles. The molecule has 0 bridgehead atoms. The van der Waals surface area contributed by atoms with Crippen LogP contribution in [0.15, 0.2) is 112 Å². The highest BCUT2D eigenvalue weighted by Gasteiger charge is 2.38. The van der Waals surface area contributed by atoms with Gasteiger partial charge in [-0.2, -0.15) is 0 Å². The third-order valence-electron chi connectivity index (χ3n) is 8.02. The summed E-state index contributed by atoms with van der Waals surface area (Å²) < 4.78 is 42.6. The Bertz CT molecular complexity index is 1850. The highest BCUT2D eigenvalue weighted by molar-refractivity contribution is 8.01. The highest BCUT2D eigenvalue weighted by Crippen LogP contribution is 2.43. The lowest BCUT2D eigenvalue weighted by atomic mass is 9.91. The number of thioether (sulfide) groups is 1. The summed E-state index contributed by atoms with van der Waals surface area (Å²) in [7, 11) is -3.65. The van der Waals surface area contributed by atoms with E-state index in [1.165, 1.54) is 0 Å². The zero-order valence-corrected chi connectivity index (χ0v) is 27.9. The van der Waals surface area contributed by atoms with Gasteiger partial charge in [0, 0.05) is 23.8 Å². The van der Waals surface area contributed by atoms with E-state index >= 15 is 0 Å². The zero-order chi connectivity index (χ0) is 32.1. The van der Waals surface area contributed by atoms with E-state index in [1.807, 2.05) is 79.7 Å². The van der Waals surface area contributed by atoms with Gasteiger partial charge in [0.1, 0.15) is 5.01 Å². The van der Waals surface area contributed by atoms with Crippen LogP contribution in [0, 0.1) is 12.8 Å². The van der Waals surface area contributed by atoms with E-state index in [9.17, 15) is 13.5 Å². The van der Waals surface area contributed by atoms with Gasteiger partial charge in [0.2, 0.25) is 10.0 Å². The van der Waals surface area contributed by atoms with Crippen molar-refractivity contribution in [2.24, 2.45) is 5.92 Å². The van der Waals surface area contributed by atoms with Gasteiger partial charge in [-0.3, -0.25) is 0 Å². The van der Waals surface area contributed by atoms with Crippen LogP contribution in [0.4, 0.5) is 0 Å². The minimum absolute atomic E-state index is 0.0119. The number of aliphatic hydroxyl groups excluding tert-OH is 1. The number of aromatic nitrogens is 2. The lowest BCUT2D eigenvalue weighted by Gasteiger charge is -2.41. The first kappa shape index (κ1) is 32.5. The average Bonchev–Trinajstić information content (AvgIpc) is 3.52. The lowest BCUT2D eigenvalue weighted by molar-refractivity contribution is -0.268. The zero-order valence-electron chi connectivity index (χ0n) is 25.4. The molecule has 2 N–H and O–H groups in total. The fourth-order valence-electron chi connectivity index (χ4n) is 5.43. The summed E-state index contributed by atoms with van der Waals surface area (Å²) in [4.78, 5) is 0.233. The summed E-state index contributed by atoms with van der Waals surface area (Å²) in [6.45, 7) is 4.24. The number of hydrogen-bond donors (Lipinski definition) is 2.